The van der Waals surface area contributed by atoms with E-state index in [1.54, 1.807) is 0 Å². The molecule has 0 saturated carbocycles. The van der Waals surface area contributed by atoms with Gasteiger partial charge in [-0.15, -0.1) is 0 Å². The number of benzene rings is 2. The Hall–Kier alpha value is -2.43. The predicted octanol–water partition coefficient (Wildman–Crippen LogP) is 3.72. The summed E-state index contributed by atoms with van der Waals surface area (Å²) in [5.41, 5.74) is 4.56. The van der Waals surface area contributed by atoms with E-state index in [0.717, 1.165) is 24.5 Å². The van der Waals surface area contributed by atoms with E-state index in [-0.39, 0.29) is 0 Å². The van der Waals surface area contributed by atoms with Gasteiger partial charge in [0.05, 0.1) is 11.4 Å². The standard InChI is InChI=1S/C22H26N4/c1-25-14-8-11-20(17-25)23-15-19-16-26(21-12-6-3-7-13-21)24-22(19)18-9-4-2-5-10-18/h2-7,9-10,12-13,16,20,23H,8,11,14-15,17H2,1H3/t20-/m1/s1. The molecule has 1 fully saturated rings. The van der Waals surface area contributed by atoms with Crippen LogP contribution in [0.3, 0.4) is 0 Å². The number of likely N-dealkylation sites (N-methyl/N-ethyl adjacent to an activating group) is 1. The van der Waals surface area contributed by atoms with Crippen LogP contribution in [-0.4, -0.2) is 40.9 Å². The van der Waals surface area contributed by atoms with Gasteiger partial charge in [0.1, 0.15) is 0 Å². The van der Waals surface area contributed by atoms with Crippen LogP contribution in [0.15, 0.2) is 66.9 Å². The molecule has 1 aliphatic rings. The third kappa shape index (κ3) is 3.87. The van der Waals surface area contributed by atoms with Crippen molar-refractivity contribution in [2.45, 2.75) is 25.4 Å². The summed E-state index contributed by atoms with van der Waals surface area (Å²) >= 11 is 0. The van der Waals surface area contributed by atoms with E-state index in [0.29, 0.717) is 6.04 Å². The van der Waals surface area contributed by atoms with Crippen molar-refractivity contribution >= 4 is 0 Å². The minimum absolute atomic E-state index is 0.553. The van der Waals surface area contributed by atoms with Crippen LogP contribution in [0, 0.1) is 0 Å². The quantitative estimate of drug-likeness (QED) is 0.764. The zero-order chi connectivity index (χ0) is 17.8. The van der Waals surface area contributed by atoms with E-state index in [1.165, 1.54) is 30.5 Å². The van der Waals surface area contributed by atoms with Crippen LogP contribution < -0.4 is 5.32 Å². The number of piperidine rings is 1. The highest BCUT2D eigenvalue weighted by Gasteiger charge is 2.18. The van der Waals surface area contributed by atoms with Crippen molar-refractivity contribution in [2.75, 3.05) is 20.1 Å². The second-order valence-electron chi connectivity index (χ2n) is 7.13. The summed E-state index contributed by atoms with van der Waals surface area (Å²) in [5, 5.41) is 8.64. The van der Waals surface area contributed by atoms with Gasteiger partial charge in [0.2, 0.25) is 0 Å². The molecule has 2 aromatic carbocycles. The molecule has 26 heavy (non-hydrogen) atoms. The highest BCUT2D eigenvalue weighted by molar-refractivity contribution is 5.63. The SMILES string of the molecule is CN1CCC[C@@H](NCc2cn(-c3ccccc3)nc2-c2ccccc2)C1. The van der Waals surface area contributed by atoms with E-state index in [1.807, 2.05) is 16.8 Å². The van der Waals surface area contributed by atoms with Gasteiger partial charge in [-0.2, -0.15) is 5.10 Å². The molecule has 1 aliphatic heterocycles. The Labute approximate surface area is 155 Å². The number of para-hydroxylation sites is 1. The first-order valence-electron chi connectivity index (χ1n) is 9.41. The molecule has 0 spiro atoms. The van der Waals surface area contributed by atoms with Crippen molar-refractivity contribution < 1.29 is 0 Å². The molecule has 3 aromatic rings. The van der Waals surface area contributed by atoms with Crippen LogP contribution in [0.4, 0.5) is 0 Å². The van der Waals surface area contributed by atoms with Gasteiger partial charge >= 0.3 is 0 Å². The average molecular weight is 346 g/mol. The topological polar surface area (TPSA) is 33.1 Å². The van der Waals surface area contributed by atoms with Gasteiger partial charge in [-0.25, -0.2) is 4.68 Å². The smallest absolute Gasteiger partial charge is 0.0972 e. The lowest BCUT2D eigenvalue weighted by atomic mass is 10.0. The molecule has 1 saturated heterocycles. The number of likely N-dealkylation sites (tertiary alicyclic amines) is 1. The van der Waals surface area contributed by atoms with Crippen molar-refractivity contribution in [2.24, 2.45) is 0 Å². The largest absolute Gasteiger partial charge is 0.309 e. The molecule has 134 valence electrons. The molecular formula is C22H26N4. The molecule has 4 nitrogen and oxygen atoms in total. The van der Waals surface area contributed by atoms with Gasteiger partial charge in [0, 0.05) is 36.5 Å². The van der Waals surface area contributed by atoms with Crippen LogP contribution in [0.1, 0.15) is 18.4 Å². The van der Waals surface area contributed by atoms with Gasteiger partial charge in [-0.3, -0.25) is 0 Å². The molecule has 2 heterocycles. The molecular weight excluding hydrogens is 320 g/mol. The number of nitrogens with one attached hydrogen (secondary N) is 1. The van der Waals surface area contributed by atoms with E-state index in [9.17, 15) is 0 Å². The van der Waals surface area contributed by atoms with Gasteiger partial charge in [-0.1, -0.05) is 48.5 Å². The lowest BCUT2D eigenvalue weighted by molar-refractivity contribution is 0.226. The Kier molecular flexibility index (Phi) is 5.14. The predicted molar refractivity (Wildman–Crippen MR) is 106 cm³/mol. The molecule has 1 N–H and O–H groups in total. The Morgan fingerprint density at radius 3 is 2.50 bits per heavy atom. The van der Waals surface area contributed by atoms with E-state index in [4.69, 9.17) is 5.10 Å². The first kappa shape index (κ1) is 17.0. The summed E-state index contributed by atoms with van der Waals surface area (Å²) in [5.74, 6) is 0. The van der Waals surface area contributed by atoms with Crippen molar-refractivity contribution in [3.63, 3.8) is 0 Å². The number of nitrogens with zero attached hydrogens (tertiary/aromatic N) is 3. The van der Waals surface area contributed by atoms with Gasteiger partial charge in [0.25, 0.3) is 0 Å². The molecule has 0 radical (unpaired) electrons. The third-order valence-corrected chi connectivity index (χ3v) is 5.06. The number of hydrogen-bond donors (Lipinski definition) is 1. The van der Waals surface area contributed by atoms with Crippen LogP contribution in [-0.2, 0) is 6.54 Å². The maximum Gasteiger partial charge on any atom is 0.0972 e. The maximum atomic E-state index is 4.90. The summed E-state index contributed by atoms with van der Waals surface area (Å²) in [6.07, 6.45) is 4.68. The second-order valence-corrected chi connectivity index (χ2v) is 7.13. The Morgan fingerprint density at radius 1 is 1.04 bits per heavy atom. The van der Waals surface area contributed by atoms with E-state index >= 15 is 0 Å². The Balaban J connectivity index is 1.60. The molecule has 0 bridgehead atoms. The van der Waals surface area contributed by atoms with Crippen LogP contribution in [0.5, 0.6) is 0 Å². The minimum atomic E-state index is 0.553. The van der Waals surface area contributed by atoms with Crippen LogP contribution in [0.2, 0.25) is 0 Å². The normalized spacial score (nSPS) is 18.1. The fourth-order valence-electron chi connectivity index (χ4n) is 3.68. The lowest BCUT2D eigenvalue weighted by Gasteiger charge is -2.30. The van der Waals surface area contributed by atoms with Crippen molar-refractivity contribution in [3.8, 4) is 16.9 Å². The Morgan fingerprint density at radius 2 is 1.77 bits per heavy atom. The van der Waals surface area contributed by atoms with Gasteiger partial charge < -0.3 is 10.2 Å². The van der Waals surface area contributed by atoms with E-state index < -0.39 is 0 Å². The summed E-state index contributed by atoms with van der Waals surface area (Å²) < 4.78 is 1.99. The van der Waals surface area contributed by atoms with Crippen LogP contribution >= 0.6 is 0 Å². The van der Waals surface area contributed by atoms with Crippen molar-refractivity contribution in [1.29, 1.82) is 0 Å². The molecule has 1 aromatic heterocycles. The molecule has 4 heteroatoms. The van der Waals surface area contributed by atoms with Crippen LogP contribution in [0.25, 0.3) is 16.9 Å². The van der Waals surface area contributed by atoms with Gasteiger partial charge in [0.15, 0.2) is 0 Å². The summed E-state index contributed by atoms with van der Waals surface area (Å²) in [4.78, 5) is 2.41. The minimum Gasteiger partial charge on any atom is -0.309 e. The van der Waals surface area contributed by atoms with Crippen molar-refractivity contribution in [1.82, 2.24) is 20.0 Å². The molecule has 4 rings (SSSR count). The first-order valence-corrected chi connectivity index (χ1v) is 9.41. The van der Waals surface area contributed by atoms with Gasteiger partial charge in [-0.05, 0) is 38.6 Å². The second kappa shape index (κ2) is 7.85. The summed E-state index contributed by atoms with van der Waals surface area (Å²) in [6, 6.07) is 21.3. The Bertz CT molecular complexity index is 826. The highest BCUT2D eigenvalue weighted by atomic mass is 15.3. The zero-order valence-corrected chi connectivity index (χ0v) is 15.3. The molecule has 1 atom stereocenters. The highest BCUT2D eigenvalue weighted by Crippen LogP contribution is 2.24. The van der Waals surface area contributed by atoms with Crippen molar-refractivity contribution in [3.05, 3.63) is 72.4 Å². The molecule has 0 unspecified atom stereocenters. The average Bonchev–Trinajstić information content (AvgIpc) is 3.12. The summed E-state index contributed by atoms with van der Waals surface area (Å²) in [6.45, 7) is 3.17. The maximum absolute atomic E-state index is 4.90. The van der Waals surface area contributed by atoms with E-state index in [2.05, 4.69) is 72.0 Å². The molecule has 0 aliphatic carbocycles. The fraction of sp³-hybridized carbons (Fsp3) is 0.318. The zero-order valence-electron chi connectivity index (χ0n) is 15.3. The fourth-order valence-corrected chi connectivity index (χ4v) is 3.68. The monoisotopic (exact) mass is 346 g/mol. The lowest BCUT2D eigenvalue weighted by Crippen LogP contribution is -2.43. The third-order valence-electron chi connectivity index (χ3n) is 5.06. The summed E-state index contributed by atoms with van der Waals surface area (Å²) in [7, 11) is 2.21. The first-order chi connectivity index (χ1) is 12.8. The number of aromatic nitrogens is 2. The number of rotatable bonds is 5. The number of hydrogen-bond acceptors (Lipinski definition) is 3. The molecule has 0 amide bonds.